The van der Waals surface area contributed by atoms with E-state index in [1.165, 1.54) is 0 Å². The number of carbonyl (C=O) groups excluding carboxylic acids is 1. The summed E-state index contributed by atoms with van der Waals surface area (Å²) in [6, 6.07) is 18.6. The van der Waals surface area contributed by atoms with Crippen molar-refractivity contribution in [1.82, 2.24) is 14.7 Å². The normalized spacial score (nSPS) is 11.0. The lowest BCUT2D eigenvalue weighted by molar-refractivity contribution is 0.0951. The molecule has 0 spiro atoms. The van der Waals surface area contributed by atoms with Crippen molar-refractivity contribution < 1.29 is 4.79 Å². The molecule has 1 amide bonds. The van der Waals surface area contributed by atoms with Gasteiger partial charge in [0.15, 0.2) is 0 Å². The van der Waals surface area contributed by atoms with Crippen LogP contribution < -0.4 is 10.9 Å². The van der Waals surface area contributed by atoms with Crippen molar-refractivity contribution in [3.05, 3.63) is 88.3 Å². The first-order valence-electron chi connectivity index (χ1n) is 7.67. The van der Waals surface area contributed by atoms with Crippen molar-refractivity contribution in [1.29, 1.82) is 0 Å². The standard InChI is InChI=1S/C19H15N3O2/c23-18(20-12-13-5-2-1-3-6-13)14-8-9-15-17(11-14)22-10-4-7-16(22)19(24)21-15/h1-11H,12H2,(H,20,23)(H,21,24). The average Bonchev–Trinajstić information content (AvgIpc) is 3.11. The minimum absolute atomic E-state index is 0.145. The third-order valence-corrected chi connectivity index (χ3v) is 4.04. The number of amides is 1. The summed E-state index contributed by atoms with van der Waals surface area (Å²) < 4.78 is 1.79. The van der Waals surface area contributed by atoms with Crippen molar-refractivity contribution in [3.8, 4) is 0 Å². The lowest BCUT2D eigenvalue weighted by atomic mass is 10.1. The Labute approximate surface area is 137 Å². The summed E-state index contributed by atoms with van der Waals surface area (Å²) >= 11 is 0. The number of H-pyrrole nitrogens is 1. The van der Waals surface area contributed by atoms with Crippen LogP contribution >= 0.6 is 0 Å². The number of benzene rings is 2. The molecule has 24 heavy (non-hydrogen) atoms. The molecule has 118 valence electrons. The maximum absolute atomic E-state index is 12.4. The lowest BCUT2D eigenvalue weighted by Gasteiger charge is -2.08. The van der Waals surface area contributed by atoms with Crippen LogP contribution in [0.25, 0.3) is 16.6 Å². The topological polar surface area (TPSA) is 66.4 Å². The van der Waals surface area contributed by atoms with Gasteiger partial charge in [-0.1, -0.05) is 30.3 Å². The van der Waals surface area contributed by atoms with Crippen molar-refractivity contribution in [2.24, 2.45) is 0 Å². The molecular formula is C19H15N3O2. The van der Waals surface area contributed by atoms with E-state index in [0.29, 0.717) is 23.1 Å². The third kappa shape index (κ3) is 2.46. The molecular weight excluding hydrogens is 302 g/mol. The minimum atomic E-state index is -0.146. The minimum Gasteiger partial charge on any atom is -0.348 e. The molecule has 0 saturated carbocycles. The molecule has 5 nitrogen and oxygen atoms in total. The zero-order valence-corrected chi connectivity index (χ0v) is 12.8. The van der Waals surface area contributed by atoms with Gasteiger partial charge >= 0.3 is 0 Å². The molecule has 0 bridgehead atoms. The van der Waals surface area contributed by atoms with Gasteiger partial charge in [-0.25, -0.2) is 0 Å². The molecule has 0 saturated heterocycles. The van der Waals surface area contributed by atoms with Crippen LogP contribution in [0.5, 0.6) is 0 Å². The SMILES string of the molecule is O=C(NCc1ccccc1)c1ccc2[nH]c(=O)c3cccn3c2c1. The maximum Gasteiger partial charge on any atom is 0.272 e. The number of hydrogen-bond donors (Lipinski definition) is 2. The van der Waals surface area contributed by atoms with E-state index in [2.05, 4.69) is 10.3 Å². The first-order valence-corrected chi connectivity index (χ1v) is 7.67. The van der Waals surface area contributed by atoms with Crippen molar-refractivity contribution in [2.45, 2.75) is 6.54 Å². The number of nitrogens with one attached hydrogen (secondary N) is 2. The van der Waals surface area contributed by atoms with E-state index in [1.54, 1.807) is 28.7 Å². The van der Waals surface area contributed by atoms with Crippen LogP contribution in [-0.4, -0.2) is 15.3 Å². The fourth-order valence-electron chi connectivity index (χ4n) is 2.82. The molecule has 0 aliphatic carbocycles. The van der Waals surface area contributed by atoms with E-state index < -0.39 is 0 Å². The summed E-state index contributed by atoms with van der Waals surface area (Å²) in [5.41, 5.74) is 3.51. The van der Waals surface area contributed by atoms with E-state index in [-0.39, 0.29) is 11.5 Å². The summed E-state index contributed by atoms with van der Waals surface area (Å²) in [5, 5.41) is 2.91. The van der Waals surface area contributed by atoms with Crippen molar-refractivity contribution in [3.63, 3.8) is 0 Å². The van der Waals surface area contributed by atoms with Crippen molar-refractivity contribution >= 4 is 22.5 Å². The van der Waals surface area contributed by atoms with E-state index in [4.69, 9.17) is 0 Å². The van der Waals surface area contributed by atoms with Crippen LogP contribution in [0, 0.1) is 0 Å². The van der Waals surface area contributed by atoms with Gasteiger partial charge in [-0.2, -0.15) is 0 Å². The first-order chi connectivity index (χ1) is 11.7. The Morgan fingerprint density at radius 1 is 1.00 bits per heavy atom. The zero-order chi connectivity index (χ0) is 16.5. The number of aromatic amines is 1. The Bertz CT molecular complexity index is 1090. The second-order valence-electron chi connectivity index (χ2n) is 5.62. The second kappa shape index (κ2) is 5.70. The summed E-state index contributed by atoms with van der Waals surface area (Å²) in [5.74, 6) is -0.146. The van der Waals surface area contributed by atoms with Gasteiger partial charge in [-0.3, -0.25) is 9.59 Å². The van der Waals surface area contributed by atoms with Gasteiger partial charge in [0.05, 0.1) is 11.0 Å². The largest absolute Gasteiger partial charge is 0.348 e. The average molecular weight is 317 g/mol. The van der Waals surface area contributed by atoms with Crippen LogP contribution in [0.4, 0.5) is 0 Å². The monoisotopic (exact) mass is 317 g/mol. The van der Waals surface area contributed by atoms with Crippen LogP contribution in [0.3, 0.4) is 0 Å². The molecule has 2 aromatic heterocycles. The lowest BCUT2D eigenvalue weighted by Crippen LogP contribution is -2.22. The fourth-order valence-corrected chi connectivity index (χ4v) is 2.82. The highest BCUT2D eigenvalue weighted by molar-refractivity contribution is 5.97. The molecule has 0 aliphatic rings. The molecule has 5 heteroatoms. The Morgan fingerprint density at radius 3 is 2.67 bits per heavy atom. The number of aromatic nitrogens is 2. The molecule has 0 atom stereocenters. The van der Waals surface area contributed by atoms with Gasteiger partial charge in [0.25, 0.3) is 11.5 Å². The number of fused-ring (bicyclic) bond motifs is 3. The number of nitrogens with zero attached hydrogens (tertiary/aromatic N) is 1. The predicted octanol–water partition coefficient (Wildman–Crippen LogP) is 2.71. The van der Waals surface area contributed by atoms with Gasteiger partial charge in [-0.05, 0) is 35.9 Å². The summed E-state index contributed by atoms with van der Waals surface area (Å²) in [6.07, 6.45) is 1.82. The van der Waals surface area contributed by atoms with Crippen LogP contribution in [-0.2, 0) is 6.54 Å². The molecule has 2 heterocycles. The molecule has 4 aromatic rings. The van der Waals surface area contributed by atoms with Crippen LogP contribution in [0.1, 0.15) is 15.9 Å². The Hall–Kier alpha value is -3.34. The maximum atomic E-state index is 12.4. The third-order valence-electron chi connectivity index (χ3n) is 4.04. The van der Waals surface area contributed by atoms with Crippen LogP contribution in [0.15, 0.2) is 71.7 Å². The quantitative estimate of drug-likeness (QED) is 0.610. The van der Waals surface area contributed by atoms with Gasteiger partial charge in [0.1, 0.15) is 5.52 Å². The predicted molar refractivity (Wildman–Crippen MR) is 93.1 cm³/mol. The summed E-state index contributed by atoms with van der Waals surface area (Å²) in [7, 11) is 0. The number of rotatable bonds is 3. The highest BCUT2D eigenvalue weighted by atomic mass is 16.1. The van der Waals surface area contributed by atoms with Gasteiger partial charge < -0.3 is 14.7 Å². The summed E-state index contributed by atoms with van der Waals surface area (Å²) in [6.45, 7) is 0.474. The van der Waals surface area contributed by atoms with Crippen LogP contribution in [0.2, 0.25) is 0 Å². The Balaban J connectivity index is 1.68. The Morgan fingerprint density at radius 2 is 1.83 bits per heavy atom. The fraction of sp³-hybridized carbons (Fsp3) is 0.0526. The second-order valence-corrected chi connectivity index (χ2v) is 5.62. The van der Waals surface area contributed by atoms with Gasteiger partial charge in [0.2, 0.25) is 0 Å². The van der Waals surface area contributed by atoms with E-state index in [0.717, 1.165) is 11.1 Å². The van der Waals surface area contributed by atoms with Gasteiger partial charge in [0, 0.05) is 18.3 Å². The first kappa shape index (κ1) is 14.3. The Kier molecular flexibility index (Phi) is 3.39. The zero-order valence-electron chi connectivity index (χ0n) is 12.8. The molecule has 0 aliphatic heterocycles. The highest BCUT2D eigenvalue weighted by Crippen LogP contribution is 2.15. The smallest absolute Gasteiger partial charge is 0.272 e. The van der Waals surface area contributed by atoms with Crippen molar-refractivity contribution in [2.75, 3.05) is 0 Å². The number of carbonyl (C=O) groups is 1. The molecule has 0 radical (unpaired) electrons. The molecule has 2 aromatic carbocycles. The van der Waals surface area contributed by atoms with E-state index in [9.17, 15) is 9.59 Å². The molecule has 0 fully saturated rings. The van der Waals surface area contributed by atoms with Gasteiger partial charge in [-0.15, -0.1) is 0 Å². The molecule has 4 rings (SSSR count). The summed E-state index contributed by atoms with van der Waals surface area (Å²) in [4.78, 5) is 27.2. The van der Waals surface area contributed by atoms with E-state index >= 15 is 0 Å². The van der Waals surface area contributed by atoms with E-state index in [1.807, 2.05) is 42.6 Å². The molecule has 0 unspecified atom stereocenters. The number of hydrogen-bond acceptors (Lipinski definition) is 2. The highest BCUT2D eigenvalue weighted by Gasteiger charge is 2.09. The molecule has 2 N–H and O–H groups in total.